The van der Waals surface area contributed by atoms with Gasteiger partial charge in [-0.2, -0.15) is 0 Å². The fraction of sp³-hybridized carbons (Fsp3) is 0.200. The first-order valence-electron chi connectivity index (χ1n) is 9.73. The maximum absolute atomic E-state index is 12.7. The first-order valence-corrected chi connectivity index (χ1v) is 9.73. The molecule has 1 aliphatic rings. The van der Waals surface area contributed by atoms with Crippen LogP contribution in [0.2, 0.25) is 0 Å². The number of benzene rings is 3. The summed E-state index contributed by atoms with van der Waals surface area (Å²) >= 11 is 0. The van der Waals surface area contributed by atoms with Crippen molar-refractivity contribution >= 4 is 11.8 Å². The van der Waals surface area contributed by atoms with Gasteiger partial charge in [0.05, 0.1) is 6.10 Å². The minimum Gasteiger partial charge on any atom is -0.480 e. The van der Waals surface area contributed by atoms with Gasteiger partial charge in [0.25, 0.3) is 0 Å². The van der Waals surface area contributed by atoms with Crippen molar-refractivity contribution in [1.82, 2.24) is 0 Å². The second kappa shape index (κ2) is 8.41. The van der Waals surface area contributed by atoms with Gasteiger partial charge in [-0.05, 0) is 41.5 Å². The van der Waals surface area contributed by atoms with Crippen molar-refractivity contribution in [1.29, 1.82) is 0 Å². The number of carboxylic acids is 1. The van der Waals surface area contributed by atoms with Crippen LogP contribution in [0.5, 0.6) is 0 Å². The monoisotopic (exact) mass is 386 g/mol. The Morgan fingerprint density at radius 3 is 2.21 bits per heavy atom. The first kappa shape index (κ1) is 19.1. The van der Waals surface area contributed by atoms with Gasteiger partial charge >= 0.3 is 5.97 Å². The highest BCUT2D eigenvalue weighted by Gasteiger charge is 2.31. The second-order valence-corrected chi connectivity index (χ2v) is 7.39. The van der Waals surface area contributed by atoms with Crippen LogP contribution in [0.4, 0.5) is 0 Å². The van der Waals surface area contributed by atoms with Crippen molar-refractivity contribution in [2.24, 2.45) is 0 Å². The van der Waals surface area contributed by atoms with Crippen LogP contribution in [0.15, 0.2) is 78.9 Å². The minimum atomic E-state index is -0.925. The smallest absolute Gasteiger partial charge is 0.329 e. The molecule has 4 rings (SSSR count). The Balaban J connectivity index is 1.43. The fourth-order valence-electron chi connectivity index (χ4n) is 3.71. The van der Waals surface area contributed by atoms with E-state index < -0.39 is 5.97 Å². The van der Waals surface area contributed by atoms with Gasteiger partial charge in [0.2, 0.25) is 0 Å². The molecule has 0 bridgehead atoms. The van der Waals surface area contributed by atoms with Crippen molar-refractivity contribution in [2.75, 3.05) is 6.61 Å². The second-order valence-electron chi connectivity index (χ2n) is 7.39. The van der Waals surface area contributed by atoms with Gasteiger partial charge in [-0.25, -0.2) is 4.79 Å². The lowest BCUT2D eigenvalue weighted by atomic mass is 9.77. The average Bonchev–Trinajstić information content (AvgIpc) is 2.73. The van der Waals surface area contributed by atoms with E-state index in [-0.39, 0.29) is 18.5 Å². The van der Waals surface area contributed by atoms with E-state index in [9.17, 15) is 9.59 Å². The third kappa shape index (κ3) is 4.44. The van der Waals surface area contributed by atoms with Crippen molar-refractivity contribution in [3.8, 4) is 11.1 Å². The Bertz CT molecular complexity index is 1000. The van der Waals surface area contributed by atoms with E-state index in [2.05, 4.69) is 24.3 Å². The van der Waals surface area contributed by atoms with Crippen molar-refractivity contribution in [3.05, 3.63) is 95.6 Å². The molecular weight excluding hydrogens is 364 g/mol. The van der Waals surface area contributed by atoms with E-state index in [4.69, 9.17) is 9.84 Å². The molecule has 1 N–H and O–H groups in total. The molecule has 3 aromatic rings. The van der Waals surface area contributed by atoms with Gasteiger partial charge in [-0.3, -0.25) is 4.79 Å². The van der Waals surface area contributed by atoms with E-state index >= 15 is 0 Å². The summed E-state index contributed by atoms with van der Waals surface area (Å²) in [5.41, 5.74) is 4.67. The molecule has 1 saturated carbocycles. The zero-order valence-electron chi connectivity index (χ0n) is 16.0. The Hall–Kier alpha value is -3.24. The molecule has 0 radical (unpaired) electrons. The summed E-state index contributed by atoms with van der Waals surface area (Å²) < 4.78 is 5.32. The molecule has 0 spiro atoms. The van der Waals surface area contributed by atoms with Gasteiger partial charge in [-0.15, -0.1) is 0 Å². The molecule has 29 heavy (non-hydrogen) atoms. The molecular formula is C25H22O4. The molecule has 0 amide bonds. The molecule has 4 heteroatoms. The number of aliphatic carboxylic acids is 1. The molecule has 0 atom stereocenters. The van der Waals surface area contributed by atoms with Crippen molar-refractivity contribution in [2.45, 2.75) is 24.9 Å². The minimum absolute atomic E-state index is 0.0194. The molecule has 4 nitrogen and oxygen atoms in total. The Morgan fingerprint density at radius 1 is 0.828 bits per heavy atom. The molecule has 0 unspecified atom stereocenters. The van der Waals surface area contributed by atoms with Crippen LogP contribution in [-0.2, 0) is 9.53 Å². The van der Waals surface area contributed by atoms with Gasteiger partial charge in [0.1, 0.15) is 6.61 Å². The van der Waals surface area contributed by atoms with Crippen LogP contribution in [-0.4, -0.2) is 29.6 Å². The summed E-state index contributed by atoms with van der Waals surface area (Å²) in [6, 6.07) is 25.4. The van der Waals surface area contributed by atoms with E-state index in [1.54, 1.807) is 0 Å². The SMILES string of the molecule is O=C(O)COC1CC(c2ccc(-c3cccc(C(=O)c4ccccc4)c3)cc2)C1. The summed E-state index contributed by atoms with van der Waals surface area (Å²) in [5, 5.41) is 8.68. The topological polar surface area (TPSA) is 63.6 Å². The largest absolute Gasteiger partial charge is 0.480 e. The molecule has 1 aliphatic carbocycles. The molecule has 146 valence electrons. The van der Waals surface area contributed by atoms with Crippen LogP contribution in [0.25, 0.3) is 11.1 Å². The Kier molecular flexibility index (Phi) is 5.54. The third-order valence-electron chi connectivity index (χ3n) is 5.41. The van der Waals surface area contributed by atoms with Crippen LogP contribution >= 0.6 is 0 Å². The zero-order chi connectivity index (χ0) is 20.2. The standard InChI is InChI=1S/C25H22O4/c26-24(27)16-29-23-14-22(15-23)18-11-9-17(10-12-18)20-7-4-8-21(13-20)25(28)19-5-2-1-3-6-19/h1-13,22-23H,14-16H2,(H,26,27). The quantitative estimate of drug-likeness (QED) is 0.585. The summed E-state index contributed by atoms with van der Waals surface area (Å²) in [5.74, 6) is -0.495. The van der Waals surface area contributed by atoms with Crippen molar-refractivity contribution < 1.29 is 19.4 Å². The maximum Gasteiger partial charge on any atom is 0.329 e. The van der Waals surface area contributed by atoms with E-state index in [1.165, 1.54) is 5.56 Å². The zero-order valence-corrected chi connectivity index (χ0v) is 16.0. The van der Waals surface area contributed by atoms with E-state index in [0.717, 1.165) is 24.0 Å². The Labute approximate surface area is 169 Å². The first-order chi connectivity index (χ1) is 14.1. The lowest BCUT2D eigenvalue weighted by Gasteiger charge is -2.35. The highest BCUT2D eigenvalue weighted by molar-refractivity contribution is 6.09. The number of carbonyl (C=O) groups is 2. The number of rotatable bonds is 7. The Morgan fingerprint density at radius 2 is 1.52 bits per heavy atom. The van der Waals surface area contributed by atoms with Crippen LogP contribution in [0.1, 0.15) is 40.2 Å². The summed E-state index contributed by atoms with van der Waals surface area (Å²) in [6.07, 6.45) is 1.75. The van der Waals surface area contributed by atoms with Gasteiger partial charge < -0.3 is 9.84 Å². The van der Waals surface area contributed by atoms with Crippen LogP contribution in [0, 0.1) is 0 Å². The number of hydrogen-bond donors (Lipinski definition) is 1. The highest BCUT2D eigenvalue weighted by Crippen LogP contribution is 2.39. The molecule has 0 aliphatic heterocycles. The van der Waals surface area contributed by atoms with Crippen LogP contribution in [0.3, 0.4) is 0 Å². The normalized spacial score (nSPS) is 18.1. The van der Waals surface area contributed by atoms with E-state index in [1.807, 2.05) is 54.6 Å². The van der Waals surface area contributed by atoms with Crippen molar-refractivity contribution in [3.63, 3.8) is 0 Å². The molecule has 0 aromatic heterocycles. The summed E-state index contributed by atoms with van der Waals surface area (Å²) in [6.45, 7) is -0.228. The number of ketones is 1. The van der Waals surface area contributed by atoms with Gasteiger partial charge in [0, 0.05) is 11.1 Å². The average molecular weight is 386 g/mol. The molecule has 1 fully saturated rings. The lowest BCUT2D eigenvalue weighted by Crippen LogP contribution is -2.31. The molecule has 0 heterocycles. The number of carbonyl (C=O) groups excluding carboxylic acids is 1. The fourth-order valence-corrected chi connectivity index (χ4v) is 3.71. The molecule has 0 saturated heterocycles. The van der Waals surface area contributed by atoms with Crippen LogP contribution < -0.4 is 0 Å². The predicted octanol–water partition coefficient (Wildman–Crippen LogP) is 4.93. The summed E-state index contributed by atoms with van der Waals surface area (Å²) in [7, 11) is 0. The third-order valence-corrected chi connectivity index (χ3v) is 5.41. The molecule has 3 aromatic carbocycles. The summed E-state index contributed by atoms with van der Waals surface area (Å²) in [4.78, 5) is 23.3. The predicted molar refractivity (Wildman–Crippen MR) is 111 cm³/mol. The van der Waals surface area contributed by atoms with Gasteiger partial charge in [0.15, 0.2) is 5.78 Å². The number of carboxylic acid groups (broad SMARTS) is 1. The number of hydrogen-bond acceptors (Lipinski definition) is 3. The maximum atomic E-state index is 12.7. The number of ether oxygens (including phenoxy) is 1. The lowest BCUT2D eigenvalue weighted by molar-refractivity contribution is -0.146. The highest BCUT2D eigenvalue weighted by atomic mass is 16.5. The van der Waals surface area contributed by atoms with Gasteiger partial charge in [-0.1, -0.05) is 72.8 Å². The van der Waals surface area contributed by atoms with E-state index in [0.29, 0.717) is 17.0 Å².